The standard InChI is InChI=1S/C22H40N4O.HI/c1-6-22(7-2,15-17-27)18-25-21(23-8-3)24-16-9-10-19-11-13-20(14-12-19)26(4)5;/h11-14,27H,6-10,15-18H2,1-5H3,(H2,23,24,25);1H. The van der Waals surface area contributed by atoms with Gasteiger partial charge in [0.2, 0.25) is 0 Å². The number of hydrogen-bond donors (Lipinski definition) is 3. The molecule has 0 saturated heterocycles. The first-order chi connectivity index (χ1) is 13.0. The van der Waals surface area contributed by atoms with Crippen LogP contribution in [0.5, 0.6) is 0 Å². The smallest absolute Gasteiger partial charge is 0.191 e. The van der Waals surface area contributed by atoms with Crippen LogP contribution >= 0.6 is 24.0 Å². The molecule has 0 amide bonds. The van der Waals surface area contributed by atoms with Crippen molar-refractivity contribution >= 4 is 35.6 Å². The summed E-state index contributed by atoms with van der Waals surface area (Å²) in [6.45, 7) is 9.20. The monoisotopic (exact) mass is 504 g/mol. The maximum atomic E-state index is 9.38. The number of aryl methyl sites for hydroxylation is 1. The zero-order valence-electron chi connectivity index (χ0n) is 18.4. The van der Waals surface area contributed by atoms with E-state index in [0.717, 1.165) is 57.7 Å². The molecule has 0 aliphatic rings. The Bertz CT molecular complexity index is 542. The maximum absolute atomic E-state index is 9.38. The molecule has 0 radical (unpaired) electrons. The molecule has 6 heteroatoms. The third-order valence-corrected chi connectivity index (χ3v) is 5.45. The van der Waals surface area contributed by atoms with E-state index in [1.165, 1.54) is 11.3 Å². The Kier molecular flexibility index (Phi) is 14.4. The zero-order chi connectivity index (χ0) is 20.1. The number of anilines is 1. The molecule has 1 rings (SSSR count). The molecule has 0 spiro atoms. The van der Waals surface area contributed by atoms with E-state index in [4.69, 9.17) is 4.99 Å². The fourth-order valence-corrected chi connectivity index (χ4v) is 3.19. The van der Waals surface area contributed by atoms with Gasteiger partial charge in [-0.25, -0.2) is 0 Å². The summed E-state index contributed by atoms with van der Waals surface area (Å²) in [5, 5.41) is 16.2. The summed E-state index contributed by atoms with van der Waals surface area (Å²) in [6, 6.07) is 8.76. The molecular formula is C22H41IN4O. The Morgan fingerprint density at radius 3 is 2.21 bits per heavy atom. The van der Waals surface area contributed by atoms with Gasteiger partial charge in [-0.15, -0.1) is 24.0 Å². The highest BCUT2D eigenvalue weighted by molar-refractivity contribution is 14.0. The van der Waals surface area contributed by atoms with Crippen molar-refractivity contribution in [1.82, 2.24) is 10.6 Å². The van der Waals surface area contributed by atoms with Gasteiger partial charge < -0.3 is 20.6 Å². The van der Waals surface area contributed by atoms with Gasteiger partial charge in [-0.3, -0.25) is 4.99 Å². The SMILES string of the molecule is CCNC(=NCC(CC)(CC)CCO)NCCCc1ccc(N(C)C)cc1.I. The van der Waals surface area contributed by atoms with Crippen molar-refractivity contribution < 1.29 is 5.11 Å². The third kappa shape index (κ3) is 9.45. The molecule has 1 aromatic carbocycles. The van der Waals surface area contributed by atoms with Gasteiger partial charge in [0.15, 0.2) is 5.96 Å². The number of guanidine groups is 1. The number of aliphatic hydroxyl groups is 1. The summed E-state index contributed by atoms with van der Waals surface area (Å²) >= 11 is 0. The summed E-state index contributed by atoms with van der Waals surface area (Å²) < 4.78 is 0. The summed E-state index contributed by atoms with van der Waals surface area (Å²) in [7, 11) is 4.12. The number of halogens is 1. The van der Waals surface area contributed by atoms with Gasteiger partial charge in [0.1, 0.15) is 0 Å². The van der Waals surface area contributed by atoms with Crippen molar-refractivity contribution in [1.29, 1.82) is 0 Å². The summed E-state index contributed by atoms with van der Waals surface area (Å²) in [5.41, 5.74) is 2.70. The number of nitrogens with one attached hydrogen (secondary N) is 2. The van der Waals surface area contributed by atoms with Crippen LogP contribution in [0.2, 0.25) is 0 Å². The summed E-state index contributed by atoms with van der Waals surface area (Å²) in [4.78, 5) is 6.92. The van der Waals surface area contributed by atoms with Crippen LogP contribution in [-0.4, -0.2) is 51.4 Å². The average Bonchev–Trinajstić information content (AvgIpc) is 2.68. The van der Waals surface area contributed by atoms with E-state index < -0.39 is 0 Å². The fourth-order valence-electron chi connectivity index (χ4n) is 3.19. The van der Waals surface area contributed by atoms with Gasteiger partial charge in [-0.1, -0.05) is 26.0 Å². The van der Waals surface area contributed by atoms with Gasteiger partial charge in [0.05, 0.1) is 0 Å². The highest BCUT2D eigenvalue weighted by Crippen LogP contribution is 2.30. The second-order valence-corrected chi connectivity index (χ2v) is 7.47. The molecule has 0 saturated carbocycles. The minimum atomic E-state index is 0. The van der Waals surface area contributed by atoms with Crippen LogP contribution in [-0.2, 0) is 6.42 Å². The van der Waals surface area contributed by atoms with Gasteiger partial charge in [0, 0.05) is 46.0 Å². The highest BCUT2D eigenvalue weighted by atomic mass is 127. The van der Waals surface area contributed by atoms with E-state index >= 15 is 0 Å². The van der Waals surface area contributed by atoms with Gasteiger partial charge in [-0.2, -0.15) is 0 Å². The van der Waals surface area contributed by atoms with Crippen molar-refractivity contribution in [2.45, 2.75) is 52.9 Å². The summed E-state index contributed by atoms with van der Waals surface area (Å²) in [5.74, 6) is 0.879. The second-order valence-electron chi connectivity index (χ2n) is 7.47. The minimum absolute atomic E-state index is 0. The molecule has 0 aromatic heterocycles. The van der Waals surface area contributed by atoms with E-state index in [9.17, 15) is 5.11 Å². The first kappa shape index (κ1) is 27.0. The molecule has 0 bridgehead atoms. The van der Waals surface area contributed by atoms with Crippen molar-refractivity contribution in [3.05, 3.63) is 29.8 Å². The van der Waals surface area contributed by atoms with Crippen molar-refractivity contribution in [3.8, 4) is 0 Å². The molecule has 0 fully saturated rings. The van der Waals surface area contributed by atoms with Crippen LogP contribution in [0.15, 0.2) is 29.3 Å². The number of benzene rings is 1. The number of nitrogens with zero attached hydrogens (tertiary/aromatic N) is 2. The van der Waals surface area contributed by atoms with Gasteiger partial charge in [-0.05, 0) is 62.1 Å². The Labute approximate surface area is 189 Å². The Balaban J connectivity index is 0.00000729. The maximum Gasteiger partial charge on any atom is 0.191 e. The molecule has 1 aromatic rings. The predicted molar refractivity (Wildman–Crippen MR) is 133 cm³/mol. The first-order valence-electron chi connectivity index (χ1n) is 10.4. The zero-order valence-corrected chi connectivity index (χ0v) is 20.8. The highest BCUT2D eigenvalue weighted by Gasteiger charge is 2.25. The number of aliphatic hydroxyl groups excluding tert-OH is 1. The molecule has 0 unspecified atom stereocenters. The topological polar surface area (TPSA) is 59.9 Å². The lowest BCUT2D eigenvalue weighted by molar-refractivity contribution is 0.175. The summed E-state index contributed by atoms with van der Waals surface area (Å²) in [6.07, 6.45) is 5.01. The lowest BCUT2D eigenvalue weighted by Gasteiger charge is -2.29. The quantitative estimate of drug-likeness (QED) is 0.174. The van der Waals surface area contributed by atoms with E-state index in [2.05, 4.69) is 74.7 Å². The van der Waals surface area contributed by atoms with E-state index in [-0.39, 0.29) is 36.0 Å². The van der Waals surface area contributed by atoms with E-state index in [1.807, 2.05) is 0 Å². The fraction of sp³-hybridized carbons (Fsp3) is 0.682. The van der Waals surface area contributed by atoms with Crippen LogP contribution in [0.4, 0.5) is 5.69 Å². The van der Waals surface area contributed by atoms with Crippen LogP contribution in [0.1, 0.15) is 52.0 Å². The Hall–Kier alpha value is -1.02. The molecular weight excluding hydrogens is 463 g/mol. The van der Waals surface area contributed by atoms with Crippen LogP contribution in [0, 0.1) is 5.41 Å². The van der Waals surface area contributed by atoms with Crippen LogP contribution in [0.25, 0.3) is 0 Å². The van der Waals surface area contributed by atoms with Crippen LogP contribution < -0.4 is 15.5 Å². The molecule has 162 valence electrons. The molecule has 28 heavy (non-hydrogen) atoms. The average molecular weight is 505 g/mol. The first-order valence-corrected chi connectivity index (χ1v) is 10.4. The Morgan fingerprint density at radius 2 is 1.71 bits per heavy atom. The van der Waals surface area contributed by atoms with Crippen molar-refractivity contribution in [2.24, 2.45) is 10.4 Å². The molecule has 0 aliphatic heterocycles. The minimum Gasteiger partial charge on any atom is -0.396 e. The molecule has 5 nitrogen and oxygen atoms in total. The molecule has 3 N–H and O–H groups in total. The van der Waals surface area contributed by atoms with E-state index in [1.54, 1.807) is 0 Å². The largest absolute Gasteiger partial charge is 0.396 e. The third-order valence-electron chi connectivity index (χ3n) is 5.45. The van der Waals surface area contributed by atoms with E-state index in [0.29, 0.717) is 0 Å². The van der Waals surface area contributed by atoms with Gasteiger partial charge in [0.25, 0.3) is 0 Å². The van der Waals surface area contributed by atoms with Crippen molar-refractivity contribution in [2.75, 3.05) is 45.2 Å². The molecule has 0 heterocycles. The van der Waals surface area contributed by atoms with Gasteiger partial charge >= 0.3 is 0 Å². The molecule has 0 aliphatic carbocycles. The van der Waals surface area contributed by atoms with Crippen LogP contribution in [0.3, 0.4) is 0 Å². The Morgan fingerprint density at radius 1 is 1.07 bits per heavy atom. The lowest BCUT2D eigenvalue weighted by atomic mass is 9.79. The number of aliphatic imine (C=N–C) groups is 1. The predicted octanol–water partition coefficient (Wildman–Crippen LogP) is 4.05. The molecule has 0 atom stereocenters. The number of rotatable bonds is 12. The van der Waals surface area contributed by atoms with Crippen molar-refractivity contribution in [3.63, 3.8) is 0 Å². The number of hydrogen-bond acceptors (Lipinski definition) is 3. The lowest BCUT2D eigenvalue weighted by Crippen LogP contribution is -2.39. The second kappa shape index (κ2) is 14.9. The normalized spacial score (nSPS) is 11.7.